The van der Waals surface area contributed by atoms with Crippen molar-refractivity contribution in [2.24, 2.45) is 5.73 Å². The van der Waals surface area contributed by atoms with E-state index >= 15 is 0 Å². The van der Waals surface area contributed by atoms with Crippen molar-refractivity contribution in [1.82, 2.24) is 4.98 Å². The Bertz CT molecular complexity index is 462. The van der Waals surface area contributed by atoms with E-state index in [4.69, 9.17) is 5.73 Å². The number of fused-ring (bicyclic) bond motifs is 1. The van der Waals surface area contributed by atoms with Crippen LogP contribution in [0.3, 0.4) is 0 Å². The fourth-order valence-corrected chi connectivity index (χ4v) is 1.89. The number of rotatable bonds is 3. The molecule has 0 bridgehead atoms. The number of hydrogen-bond donors (Lipinski definition) is 2. The molecule has 3 heteroatoms. The van der Waals surface area contributed by atoms with Gasteiger partial charge in [0.1, 0.15) is 0 Å². The lowest BCUT2D eigenvalue weighted by Gasteiger charge is -2.11. The largest absolute Gasteiger partial charge is 0.359 e. The maximum absolute atomic E-state index is 14.0. The van der Waals surface area contributed by atoms with Gasteiger partial charge in [-0.15, -0.1) is 0 Å². The smallest absolute Gasteiger partial charge is 0.150 e. The highest BCUT2D eigenvalue weighted by molar-refractivity contribution is 5.80. The first-order valence-corrected chi connectivity index (χ1v) is 5.19. The van der Waals surface area contributed by atoms with Crippen molar-refractivity contribution >= 4 is 10.9 Å². The molecule has 1 aromatic heterocycles. The number of benzene rings is 1. The quantitative estimate of drug-likeness (QED) is 0.796. The van der Waals surface area contributed by atoms with E-state index in [-0.39, 0.29) is 11.7 Å². The molecule has 2 rings (SSSR count). The molecule has 15 heavy (non-hydrogen) atoms. The van der Waals surface area contributed by atoms with Crippen molar-refractivity contribution in [2.45, 2.75) is 19.3 Å². The van der Waals surface area contributed by atoms with Gasteiger partial charge in [0.2, 0.25) is 0 Å². The Kier molecular flexibility index (Phi) is 2.73. The fourth-order valence-electron chi connectivity index (χ4n) is 1.89. The number of H-pyrrole nitrogens is 1. The van der Waals surface area contributed by atoms with Crippen LogP contribution in [0.4, 0.5) is 4.39 Å². The van der Waals surface area contributed by atoms with Crippen LogP contribution in [0.5, 0.6) is 0 Å². The molecule has 2 nitrogen and oxygen atoms in total. The molecule has 0 aliphatic heterocycles. The lowest BCUT2D eigenvalue weighted by molar-refractivity contribution is 0.585. The van der Waals surface area contributed by atoms with Gasteiger partial charge < -0.3 is 10.7 Å². The molecule has 0 fully saturated rings. The lowest BCUT2D eigenvalue weighted by Crippen LogP contribution is -2.06. The minimum Gasteiger partial charge on any atom is -0.359 e. The Labute approximate surface area is 88.3 Å². The van der Waals surface area contributed by atoms with Crippen LogP contribution < -0.4 is 5.73 Å². The third-order valence-corrected chi connectivity index (χ3v) is 2.83. The molecule has 1 unspecified atom stereocenters. The summed E-state index contributed by atoms with van der Waals surface area (Å²) in [5.41, 5.74) is 6.82. The van der Waals surface area contributed by atoms with Gasteiger partial charge in [0, 0.05) is 11.6 Å². The van der Waals surface area contributed by atoms with E-state index in [2.05, 4.69) is 4.98 Å². The Balaban J connectivity index is 2.47. The molecule has 0 aliphatic rings. The summed E-state index contributed by atoms with van der Waals surface area (Å²) in [6, 6.07) is 5.67. The zero-order valence-corrected chi connectivity index (χ0v) is 8.76. The van der Waals surface area contributed by atoms with E-state index in [1.54, 1.807) is 6.20 Å². The SMILES string of the molecule is CC(CCN)c1ccc2cc[nH]c2c1F. The van der Waals surface area contributed by atoms with Gasteiger partial charge in [-0.2, -0.15) is 0 Å². The highest BCUT2D eigenvalue weighted by atomic mass is 19.1. The van der Waals surface area contributed by atoms with Crippen LogP contribution in [0.25, 0.3) is 10.9 Å². The highest BCUT2D eigenvalue weighted by Crippen LogP contribution is 2.26. The molecule has 1 atom stereocenters. The van der Waals surface area contributed by atoms with Gasteiger partial charge in [0.15, 0.2) is 5.82 Å². The van der Waals surface area contributed by atoms with Crippen molar-refractivity contribution in [3.05, 3.63) is 35.8 Å². The molecule has 0 amide bonds. The van der Waals surface area contributed by atoms with E-state index in [9.17, 15) is 4.39 Å². The first-order chi connectivity index (χ1) is 7.24. The monoisotopic (exact) mass is 206 g/mol. The Morgan fingerprint density at radius 2 is 2.20 bits per heavy atom. The molecule has 0 aliphatic carbocycles. The number of halogens is 1. The van der Waals surface area contributed by atoms with Crippen LogP contribution in [0.2, 0.25) is 0 Å². The summed E-state index contributed by atoms with van der Waals surface area (Å²) in [5, 5.41) is 0.913. The van der Waals surface area contributed by atoms with Crippen molar-refractivity contribution in [1.29, 1.82) is 0 Å². The number of hydrogen-bond acceptors (Lipinski definition) is 1. The van der Waals surface area contributed by atoms with Crippen molar-refractivity contribution < 1.29 is 4.39 Å². The molecule has 0 spiro atoms. The lowest BCUT2D eigenvalue weighted by atomic mass is 9.96. The maximum atomic E-state index is 14.0. The van der Waals surface area contributed by atoms with Crippen LogP contribution in [-0.2, 0) is 0 Å². The van der Waals surface area contributed by atoms with E-state index in [1.807, 2.05) is 25.1 Å². The first kappa shape index (κ1) is 10.2. The van der Waals surface area contributed by atoms with Gasteiger partial charge in [-0.05, 0) is 30.5 Å². The average Bonchev–Trinajstić information content (AvgIpc) is 2.67. The summed E-state index contributed by atoms with van der Waals surface area (Å²) in [5.74, 6) is 0.0288. The van der Waals surface area contributed by atoms with E-state index < -0.39 is 0 Å². The molecule has 1 heterocycles. The second-order valence-electron chi connectivity index (χ2n) is 3.89. The summed E-state index contributed by atoms with van der Waals surface area (Å²) in [6.45, 7) is 2.59. The minimum atomic E-state index is -0.140. The zero-order chi connectivity index (χ0) is 10.8. The second-order valence-corrected chi connectivity index (χ2v) is 3.89. The number of aromatic nitrogens is 1. The summed E-state index contributed by atoms with van der Waals surface area (Å²) < 4.78 is 14.0. The van der Waals surface area contributed by atoms with Crippen molar-refractivity contribution in [2.75, 3.05) is 6.54 Å². The molecule has 3 N–H and O–H groups in total. The maximum Gasteiger partial charge on any atom is 0.150 e. The van der Waals surface area contributed by atoms with E-state index in [0.717, 1.165) is 17.4 Å². The average molecular weight is 206 g/mol. The third-order valence-electron chi connectivity index (χ3n) is 2.83. The molecule has 1 aromatic carbocycles. The number of nitrogens with one attached hydrogen (secondary N) is 1. The third kappa shape index (κ3) is 1.75. The van der Waals surface area contributed by atoms with E-state index in [1.165, 1.54) is 0 Å². The summed E-state index contributed by atoms with van der Waals surface area (Å²) >= 11 is 0. The molecular weight excluding hydrogens is 191 g/mol. The molecule has 80 valence electrons. The zero-order valence-electron chi connectivity index (χ0n) is 8.76. The first-order valence-electron chi connectivity index (χ1n) is 5.19. The van der Waals surface area contributed by atoms with Crippen molar-refractivity contribution in [3.8, 4) is 0 Å². The van der Waals surface area contributed by atoms with E-state index in [0.29, 0.717) is 12.1 Å². The van der Waals surface area contributed by atoms with Crippen LogP contribution >= 0.6 is 0 Å². The molecule has 0 saturated heterocycles. The fraction of sp³-hybridized carbons (Fsp3) is 0.333. The highest BCUT2D eigenvalue weighted by Gasteiger charge is 2.13. The Morgan fingerprint density at radius 3 is 2.93 bits per heavy atom. The van der Waals surface area contributed by atoms with Gasteiger partial charge in [0.05, 0.1) is 5.52 Å². The second kappa shape index (κ2) is 4.03. The predicted octanol–water partition coefficient (Wildman–Crippen LogP) is 2.76. The van der Waals surface area contributed by atoms with Gasteiger partial charge in [0.25, 0.3) is 0 Å². The molecule has 0 radical (unpaired) electrons. The van der Waals surface area contributed by atoms with Gasteiger partial charge in [-0.3, -0.25) is 0 Å². The van der Waals surface area contributed by atoms with Gasteiger partial charge in [-0.25, -0.2) is 4.39 Å². The topological polar surface area (TPSA) is 41.8 Å². The van der Waals surface area contributed by atoms with Crippen LogP contribution in [0.15, 0.2) is 24.4 Å². The van der Waals surface area contributed by atoms with Gasteiger partial charge >= 0.3 is 0 Å². The molecular formula is C12H15FN2. The molecule has 2 aromatic rings. The predicted molar refractivity (Wildman–Crippen MR) is 60.3 cm³/mol. The van der Waals surface area contributed by atoms with Crippen LogP contribution in [0, 0.1) is 5.82 Å². The number of aromatic amines is 1. The number of nitrogens with two attached hydrogens (primary N) is 1. The standard InChI is InChI=1S/C12H15FN2/c1-8(4-6-14)10-3-2-9-5-7-15-12(9)11(10)13/h2-3,5,7-8,15H,4,6,14H2,1H3. The summed E-state index contributed by atoms with van der Waals surface area (Å²) in [7, 11) is 0. The van der Waals surface area contributed by atoms with Gasteiger partial charge in [-0.1, -0.05) is 19.1 Å². The van der Waals surface area contributed by atoms with Crippen molar-refractivity contribution in [3.63, 3.8) is 0 Å². The Hall–Kier alpha value is -1.35. The van der Waals surface area contributed by atoms with Crippen LogP contribution in [0.1, 0.15) is 24.8 Å². The van der Waals surface area contributed by atoms with Crippen LogP contribution in [-0.4, -0.2) is 11.5 Å². The summed E-state index contributed by atoms with van der Waals surface area (Å²) in [6.07, 6.45) is 2.56. The summed E-state index contributed by atoms with van der Waals surface area (Å²) in [4.78, 5) is 2.92. The molecule has 0 saturated carbocycles. The minimum absolute atomic E-state index is 0.140. The normalized spacial score (nSPS) is 13.3. The Morgan fingerprint density at radius 1 is 1.40 bits per heavy atom.